The molecule has 0 atom stereocenters. The minimum Gasteiger partial charge on any atom is -0.352 e. The Morgan fingerprint density at radius 1 is 0.750 bits per heavy atom. The fourth-order valence-electron chi connectivity index (χ4n) is 2.48. The molecule has 0 saturated heterocycles. The van der Waals surface area contributed by atoms with Crippen LogP contribution in [0.5, 0.6) is 0 Å². The highest BCUT2D eigenvalue weighted by Gasteiger charge is 2.14. The molecule has 3 aromatic rings. The first-order chi connectivity index (χ1) is 11.7. The summed E-state index contributed by atoms with van der Waals surface area (Å²) < 4.78 is 0. The first-order valence-electron chi connectivity index (χ1n) is 7.65. The maximum atomic E-state index is 5.92. The lowest BCUT2D eigenvalue weighted by molar-refractivity contribution is 0.769. The molecule has 0 saturated carbocycles. The van der Waals surface area contributed by atoms with Crippen molar-refractivity contribution in [3.63, 3.8) is 0 Å². The summed E-state index contributed by atoms with van der Waals surface area (Å²) in [5.74, 6) is 0. The van der Waals surface area contributed by atoms with Gasteiger partial charge in [-0.25, -0.2) is 0 Å². The van der Waals surface area contributed by atoms with Crippen LogP contribution in [-0.4, -0.2) is 5.11 Å². The van der Waals surface area contributed by atoms with Crippen molar-refractivity contribution in [1.29, 1.82) is 0 Å². The molecule has 120 valence electrons. The molecule has 4 heteroatoms. The third kappa shape index (κ3) is 4.34. The van der Waals surface area contributed by atoms with Crippen molar-refractivity contribution in [3.8, 4) is 0 Å². The molecular weight excluding hydrogens is 336 g/mol. The second kappa shape index (κ2) is 7.95. The average molecular weight is 353 g/mol. The summed E-state index contributed by atoms with van der Waals surface area (Å²) in [6, 6.07) is 28.0. The fourth-order valence-corrected chi connectivity index (χ4v) is 2.84. The fraction of sp³-hybridized carbons (Fsp3) is 0.0500. The van der Waals surface area contributed by atoms with E-state index in [0.29, 0.717) is 10.1 Å². The first kappa shape index (κ1) is 16.5. The van der Waals surface area contributed by atoms with Crippen LogP contribution >= 0.6 is 23.8 Å². The van der Waals surface area contributed by atoms with Crippen LogP contribution in [0, 0.1) is 0 Å². The quantitative estimate of drug-likeness (QED) is 0.613. The van der Waals surface area contributed by atoms with E-state index in [1.807, 2.05) is 60.7 Å². The summed E-state index contributed by atoms with van der Waals surface area (Å²) in [5, 5.41) is 7.87. The molecule has 3 aromatic carbocycles. The van der Waals surface area contributed by atoms with Crippen molar-refractivity contribution < 1.29 is 0 Å². The van der Waals surface area contributed by atoms with Crippen molar-refractivity contribution in [3.05, 3.63) is 101 Å². The molecular formula is C20H17ClN2S. The van der Waals surface area contributed by atoms with Gasteiger partial charge in [0.25, 0.3) is 0 Å². The summed E-state index contributed by atoms with van der Waals surface area (Å²) in [6.07, 6.45) is 0. The van der Waals surface area contributed by atoms with E-state index in [-0.39, 0.29) is 6.04 Å². The van der Waals surface area contributed by atoms with Gasteiger partial charge in [-0.15, -0.1) is 0 Å². The Bertz CT molecular complexity index is 749. The van der Waals surface area contributed by atoms with E-state index in [1.54, 1.807) is 0 Å². The van der Waals surface area contributed by atoms with Gasteiger partial charge in [0.2, 0.25) is 0 Å². The third-order valence-electron chi connectivity index (χ3n) is 3.64. The second-order valence-corrected chi connectivity index (χ2v) is 6.20. The summed E-state index contributed by atoms with van der Waals surface area (Å²) in [6.45, 7) is 0. The number of rotatable bonds is 4. The first-order valence-corrected chi connectivity index (χ1v) is 8.44. The molecule has 0 spiro atoms. The SMILES string of the molecule is S=C(Nc1ccc(Cl)cc1)NC(c1ccccc1)c1ccccc1. The van der Waals surface area contributed by atoms with Gasteiger partial charge in [0.1, 0.15) is 0 Å². The number of benzene rings is 3. The molecule has 3 rings (SSSR count). The summed E-state index contributed by atoms with van der Waals surface area (Å²) in [4.78, 5) is 0. The van der Waals surface area contributed by atoms with Crippen LogP contribution in [0.25, 0.3) is 0 Å². The normalized spacial score (nSPS) is 10.4. The minimum absolute atomic E-state index is 0.0142. The summed E-state index contributed by atoms with van der Waals surface area (Å²) in [5.41, 5.74) is 3.21. The standard InChI is InChI=1S/C20H17ClN2S/c21-17-11-13-18(14-12-17)22-20(24)23-19(15-7-3-1-4-8-15)16-9-5-2-6-10-16/h1-14,19H,(H2,22,23,24). The van der Waals surface area contributed by atoms with E-state index in [0.717, 1.165) is 16.8 Å². The molecule has 0 unspecified atom stereocenters. The molecule has 0 aliphatic carbocycles. The van der Waals surface area contributed by atoms with Gasteiger partial charge >= 0.3 is 0 Å². The van der Waals surface area contributed by atoms with E-state index in [1.165, 1.54) is 0 Å². The lowest BCUT2D eigenvalue weighted by Gasteiger charge is -2.22. The summed E-state index contributed by atoms with van der Waals surface area (Å²) >= 11 is 11.4. The van der Waals surface area contributed by atoms with E-state index < -0.39 is 0 Å². The predicted octanol–water partition coefficient (Wildman–Crippen LogP) is 5.42. The van der Waals surface area contributed by atoms with E-state index in [9.17, 15) is 0 Å². The molecule has 2 nitrogen and oxygen atoms in total. The minimum atomic E-state index is -0.0142. The largest absolute Gasteiger partial charge is 0.352 e. The topological polar surface area (TPSA) is 24.1 Å². The molecule has 0 fully saturated rings. The third-order valence-corrected chi connectivity index (χ3v) is 4.12. The van der Waals surface area contributed by atoms with Gasteiger partial charge in [0, 0.05) is 10.7 Å². The van der Waals surface area contributed by atoms with E-state index in [2.05, 4.69) is 34.9 Å². The molecule has 0 amide bonds. The van der Waals surface area contributed by atoms with Gasteiger partial charge in [0.05, 0.1) is 6.04 Å². The number of anilines is 1. The molecule has 0 bridgehead atoms. The van der Waals surface area contributed by atoms with Gasteiger partial charge in [-0.1, -0.05) is 72.3 Å². The lowest BCUT2D eigenvalue weighted by Crippen LogP contribution is -2.32. The zero-order valence-electron chi connectivity index (χ0n) is 12.9. The molecule has 2 N–H and O–H groups in total. The molecule has 0 aliphatic heterocycles. The molecule has 0 heterocycles. The van der Waals surface area contributed by atoms with Crippen LogP contribution in [0.15, 0.2) is 84.9 Å². The Kier molecular flexibility index (Phi) is 5.47. The Hall–Kier alpha value is -2.36. The Morgan fingerprint density at radius 3 is 1.75 bits per heavy atom. The monoisotopic (exact) mass is 352 g/mol. The van der Waals surface area contributed by atoms with Gasteiger partial charge in [-0.2, -0.15) is 0 Å². The smallest absolute Gasteiger partial charge is 0.171 e. The van der Waals surface area contributed by atoms with Crippen LogP contribution in [0.2, 0.25) is 5.02 Å². The zero-order valence-corrected chi connectivity index (χ0v) is 14.5. The summed E-state index contributed by atoms with van der Waals surface area (Å²) in [7, 11) is 0. The van der Waals surface area contributed by atoms with Crippen molar-refractivity contribution in [2.24, 2.45) is 0 Å². The van der Waals surface area contributed by atoms with Gasteiger partial charge in [-0.05, 0) is 47.6 Å². The molecule has 24 heavy (non-hydrogen) atoms. The van der Waals surface area contributed by atoms with Crippen LogP contribution in [0.1, 0.15) is 17.2 Å². The van der Waals surface area contributed by atoms with Gasteiger partial charge in [-0.3, -0.25) is 0 Å². The van der Waals surface area contributed by atoms with Crippen molar-refractivity contribution in [2.75, 3.05) is 5.32 Å². The Labute approximate surface area is 152 Å². The van der Waals surface area contributed by atoms with Gasteiger partial charge < -0.3 is 10.6 Å². The average Bonchev–Trinajstić information content (AvgIpc) is 2.63. The molecule has 0 radical (unpaired) electrons. The second-order valence-electron chi connectivity index (χ2n) is 5.36. The predicted molar refractivity (Wildman–Crippen MR) is 106 cm³/mol. The molecule has 0 aliphatic rings. The Morgan fingerprint density at radius 2 is 1.25 bits per heavy atom. The maximum Gasteiger partial charge on any atom is 0.171 e. The highest BCUT2D eigenvalue weighted by atomic mass is 35.5. The number of hydrogen-bond donors (Lipinski definition) is 2. The highest BCUT2D eigenvalue weighted by Crippen LogP contribution is 2.22. The number of halogens is 1. The number of thiocarbonyl (C=S) groups is 1. The van der Waals surface area contributed by atoms with Crippen molar-refractivity contribution in [1.82, 2.24) is 5.32 Å². The van der Waals surface area contributed by atoms with Crippen LogP contribution < -0.4 is 10.6 Å². The number of nitrogens with one attached hydrogen (secondary N) is 2. The van der Waals surface area contributed by atoms with Crippen LogP contribution in [-0.2, 0) is 0 Å². The Balaban J connectivity index is 1.79. The lowest BCUT2D eigenvalue weighted by atomic mass is 9.99. The number of hydrogen-bond acceptors (Lipinski definition) is 1. The van der Waals surface area contributed by atoms with E-state index in [4.69, 9.17) is 23.8 Å². The van der Waals surface area contributed by atoms with E-state index >= 15 is 0 Å². The van der Waals surface area contributed by atoms with Crippen LogP contribution in [0.4, 0.5) is 5.69 Å². The zero-order chi connectivity index (χ0) is 16.8. The molecule has 0 aromatic heterocycles. The van der Waals surface area contributed by atoms with Crippen molar-refractivity contribution in [2.45, 2.75) is 6.04 Å². The van der Waals surface area contributed by atoms with Crippen LogP contribution in [0.3, 0.4) is 0 Å². The maximum absolute atomic E-state index is 5.92. The van der Waals surface area contributed by atoms with Gasteiger partial charge in [0.15, 0.2) is 5.11 Å². The van der Waals surface area contributed by atoms with Crippen molar-refractivity contribution >= 4 is 34.6 Å². The highest BCUT2D eigenvalue weighted by molar-refractivity contribution is 7.80.